The highest BCUT2D eigenvalue weighted by molar-refractivity contribution is 6.29. The summed E-state index contributed by atoms with van der Waals surface area (Å²) in [6.45, 7) is 0.854. The topological polar surface area (TPSA) is 60.5 Å². The van der Waals surface area contributed by atoms with E-state index in [2.05, 4.69) is 10.3 Å². The Bertz CT molecular complexity index is 837. The minimum absolute atomic E-state index is 0.229. The second-order valence-corrected chi connectivity index (χ2v) is 5.75. The van der Waals surface area contributed by atoms with E-state index in [1.807, 2.05) is 30.3 Å². The maximum atomic E-state index is 12.2. The van der Waals surface area contributed by atoms with Crippen molar-refractivity contribution in [1.82, 2.24) is 4.98 Å². The van der Waals surface area contributed by atoms with E-state index < -0.39 is 0 Å². The first kappa shape index (κ1) is 17.8. The molecule has 0 bridgehead atoms. The lowest BCUT2D eigenvalue weighted by Gasteiger charge is -2.09. The van der Waals surface area contributed by atoms with Gasteiger partial charge in [-0.1, -0.05) is 29.8 Å². The zero-order valence-corrected chi connectivity index (χ0v) is 14.6. The molecule has 1 aromatic heterocycles. The van der Waals surface area contributed by atoms with Crippen molar-refractivity contribution in [2.75, 3.05) is 18.5 Å². The normalized spacial score (nSPS) is 10.2. The van der Waals surface area contributed by atoms with Crippen LogP contribution in [0.25, 0.3) is 0 Å². The summed E-state index contributed by atoms with van der Waals surface area (Å²) < 4.78 is 11.2. The molecule has 2 aromatic carbocycles. The van der Waals surface area contributed by atoms with Gasteiger partial charge in [0.05, 0.1) is 11.9 Å². The average Bonchev–Trinajstić information content (AvgIpc) is 2.68. The molecule has 0 aliphatic heterocycles. The second-order valence-electron chi connectivity index (χ2n) is 5.36. The van der Waals surface area contributed by atoms with Gasteiger partial charge in [0, 0.05) is 5.56 Å². The van der Waals surface area contributed by atoms with Crippen LogP contribution >= 0.6 is 11.6 Å². The van der Waals surface area contributed by atoms with Crippen LogP contribution in [0.5, 0.6) is 11.5 Å². The molecular weight excluding hydrogens is 352 g/mol. The van der Waals surface area contributed by atoms with E-state index in [1.54, 1.807) is 36.4 Å². The first-order valence-corrected chi connectivity index (χ1v) is 8.42. The fraction of sp³-hybridized carbons (Fsp3) is 0.100. The molecule has 5 nitrogen and oxygen atoms in total. The minimum atomic E-state index is -0.229. The molecule has 0 aliphatic carbocycles. The van der Waals surface area contributed by atoms with Gasteiger partial charge in [0.1, 0.15) is 29.9 Å². The Labute approximate surface area is 156 Å². The van der Waals surface area contributed by atoms with E-state index in [9.17, 15) is 4.79 Å². The van der Waals surface area contributed by atoms with Gasteiger partial charge in [0.25, 0.3) is 5.91 Å². The SMILES string of the molecule is O=C(Nc1ccc(Cl)nc1)c1ccc(OCCOc2ccccc2)cc1. The highest BCUT2D eigenvalue weighted by Crippen LogP contribution is 2.15. The third-order valence-electron chi connectivity index (χ3n) is 3.47. The van der Waals surface area contributed by atoms with Crippen LogP contribution in [0.1, 0.15) is 10.4 Å². The van der Waals surface area contributed by atoms with Gasteiger partial charge in [0.15, 0.2) is 0 Å². The summed E-state index contributed by atoms with van der Waals surface area (Å²) in [6, 6.07) is 19.8. The summed E-state index contributed by atoms with van der Waals surface area (Å²) in [4.78, 5) is 16.1. The van der Waals surface area contributed by atoms with Crippen molar-refractivity contribution >= 4 is 23.2 Å². The molecule has 1 heterocycles. The van der Waals surface area contributed by atoms with Gasteiger partial charge in [0.2, 0.25) is 0 Å². The molecule has 0 spiro atoms. The fourth-order valence-corrected chi connectivity index (χ4v) is 2.30. The highest BCUT2D eigenvalue weighted by Gasteiger charge is 2.06. The van der Waals surface area contributed by atoms with Gasteiger partial charge in [-0.3, -0.25) is 4.79 Å². The molecule has 0 unspecified atom stereocenters. The number of halogens is 1. The first-order valence-electron chi connectivity index (χ1n) is 8.04. The number of aromatic nitrogens is 1. The largest absolute Gasteiger partial charge is 0.490 e. The second kappa shape index (κ2) is 8.87. The zero-order valence-electron chi connectivity index (χ0n) is 13.9. The van der Waals surface area contributed by atoms with Crippen LogP contribution in [-0.2, 0) is 0 Å². The van der Waals surface area contributed by atoms with Crippen LogP contribution in [0.3, 0.4) is 0 Å². The third-order valence-corrected chi connectivity index (χ3v) is 3.69. The quantitative estimate of drug-likeness (QED) is 0.494. The monoisotopic (exact) mass is 368 g/mol. The lowest BCUT2D eigenvalue weighted by molar-refractivity contribution is 0.102. The van der Waals surface area contributed by atoms with Crippen molar-refractivity contribution in [2.45, 2.75) is 0 Å². The van der Waals surface area contributed by atoms with Gasteiger partial charge in [-0.2, -0.15) is 0 Å². The molecular formula is C20H17ClN2O3. The average molecular weight is 369 g/mol. The number of benzene rings is 2. The number of anilines is 1. The summed E-state index contributed by atoms with van der Waals surface area (Å²) in [5.74, 6) is 1.25. The number of carbonyl (C=O) groups excluding carboxylic acids is 1. The number of rotatable bonds is 7. The number of nitrogens with zero attached hydrogens (tertiary/aromatic N) is 1. The van der Waals surface area contributed by atoms with Gasteiger partial charge >= 0.3 is 0 Å². The van der Waals surface area contributed by atoms with E-state index in [0.717, 1.165) is 5.75 Å². The predicted molar refractivity (Wildman–Crippen MR) is 101 cm³/mol. The number of carbonyl (C=O) groups is 1. The van der Waals surface area contributed by atoms with Gasteiger partial charge < -0.3 is 14.8 Å². The molecule has 26 heavy (non-hydrogen) atoms. The Hall–Kier alpha value is -3.05. The van der Waals surface area contributed by atoms with E-state index in [0.29, 0.717) is 35.4 Å². The predicted octanol–water partition coefficient (Wildman–Crippen LogP) is 4.45. The third kappa shape index (κ3) is 5.22. The Kier molecular flexibility index (Phi) is 6.06. The summed E-state index contributed by atoms with van der Waals surface area (Å²) in [5.41, 5.74) is 1.10. The van der Waals surface area contributed by atoms with E-state index in [1.165, 1.54) is 6.20 Å². The van der Waals surface area contributed by atoms with E-state index in [-0.39, 0.29) is 5.91 Å². The number of para-hydroxylation sites is 1. The number of ether oxygens (including phenoxy) is 2. The molecule has 0 saturated heterocycles. The van der Waals surface area contributed by atoms with Crippen LogP contribution in [-0.4, -0.2) is 24.1 Å². The van der Waals surface area contributed by atoms with Gasteiger partial charge in [-0.15, -0.1) is 0 Å². The fourth-order valence-electron chi connectivity index (χ4n) is 2.19. The van der Waals surface area contributed by atoms with Crippen LogP contribution in [0.2, 0.25) is 5.15 Å². The molecule has 0 fully saturated rings. The zero-order chi connectivity index (χ0) is 18.2. The van der Waals surface area contributed by atoms with Crippen molar-refractivity contribution in [2.24, 2.45) is 0 Å². The number of hydrogen-bond acceptors (Lipinski definition) is 4. The number of amides is 1. The van der Waals surface area contributed by atoms with Crippen molar-refractivity contribution in [1.29, 1.82) is 0 Å². The number of nitrogens with one attached hydrogen (secondary N) is 1. The number of pyridine rings is 1. The molecule has 132 valence electrons. The van der Waals surface area contributed by atoms with Gasteiger partial charge in [-0.25, -0.2) is 4.98 Å². The maximum Gasteiger partial charge on any atom is 0.255 e. The first-order chi connectivity index (χ1) is 12.7. The summed E-state index contributed by atoms with van der Waals surface area (Å²) >= 11 is 5.72. The summed E-state index contributed by atoms with van der Waals surface area (Å²) in [5, 5.41) is 3.13. The molecule has 6 heteroatoms. The van der Waals surface area contributed by atoms with Crippen LogP contribution in [0, 0.1) is 0 Å². The van der Waals surface area contributed by atoms with Gasteiger partial charge in [-0.05, 0) is 48.5 Å². The number of hydrogen-bond donors (Lipinski definition) is 1. The molecule has 3 rings (SSSR count). The lowest BCUT2D eigenvalue weighted by Crippen LogP contribution is -2.12. The van der Waals surface area contributed by atoms with E-state index >= 15 is 0 Å². The summed E-state index contributed by atoms with van der Waals surface area (Å²) in [6.07, 6.45) is 1.50. The van der Waals surface area contributed by atoms with Crippen molar-refractivity contribution in [3.8, 4) is 11.5 Å². The Morgan fingerprint density at radius 3 is 2.15 bits per heavy atom. The Morgan fingerprint density at radius 2 is 1.54 bits per heavy atom. The molecule has 1 amide bonds. The molecule has 1 N–H and O–H groups in total. The standard InChI is InChI=1S/C20H17ClN2O3/c21-19-11-8-16(14-22-19)23-20(24)15-6-9-18(10-7-15)26-13-12-25-17-4-2-1-3-5-17/h1-11,14H,12-13H2,(H,23,24). The maximum absolute atomic E-state index is 12.2. The molecule has 0 saturated carbocycles. The smallest absolute Gasteiger partial charge is 0.255 e. The highest BCUT2D eigenvalue weighted by atomic mass is 35.5. The molecule has 3 aromatic rings. The van der Waals surface area contributed by atoms with Crippen molar-refractivity contribution < 1.29 is 14.3 Å². The van der Waals surface area contributed by atoms with Crippen LogP contribution in [0.15, 0.2) is 72.9 Å². The lowest BCUT2D eigenvalue weighted by atomic mass is 10.2. The molecule has 0 aliphatic rings. The molecule has 0 radical (unpaired) electrons. The van der Waals surface area contributed by atoms with E-state index in [4.69, 9.17) is 21.1 Å². The Balaban J connectivity index is 1.46. The molecule has 0 atom stereocenters. The minimum Gasteiger partial charge on any atom is -0.490 e. The van der Waals surface area contributed by atoms with Crippen molar-refractivity contribution in [3.63, 3.8) is 0 Å². The van der Waals surface area contributed by atoms with Crippen molar-refractivity contribution in [3.05, 3.63) is 83.6 Å². The summed E-state index contributed by atoms with van der Waals surface area (Å²) in [7, 11) is 0. The Morgan fingerprint density at radius 1 is 0.885 bits per heavy atom. The van der Waals surface area contributed by atoms with Crippen LogP contribution < -0.4 is 14.8 Å². The van der Waals surface area contributed by atoms with Crippen LogP contribution in [0.4, 0.5) is 5.69 Å².